The Morgan fingerprint density at radius 1 is 1.00 bits per heavy atom. The van der Waals surface area contributed by atoms with Crippen LogP contribution in [0.1, 0.15) is 44.9 Å². The van der Waals surface area contributed by atoms with Crippen molar-refractivity contribution in [1.29, 1.82) is 0 Å². The Labute approximate surface area is 68.5 Å². The highest BCUT2D eigenvalue weighted by Crippen LogP contribution is 2.10. The Morgan fingerprint density at radius 2 is 1.73 bits per heavy atom. The average molecular weight is 152 g/mol. The van der Waals surface area contributed by atoms with Crippen molar-refractivity contribution in [2.75, 3.05) is 0 Å². The molecule has 62 valence electrons. The van der Waals surface area contributed by atoms with Crippen LogP contribution in [0.5, 0.6) is 0 Å². The zero-order valence-electron chi connectivity index (χ0n) is 7.01. The van der Waals surface area contributed by atoms with E-state index >= 15 is 0 Å². The summed E-state index contributed by atoms with van der Waals surface area (Å²) >= 11 is 0. The second-order valence-corrected chi connectivity index (χ2v) is 3.18. The quantitative estimate of drug-likeness (QED) is 0.521. The smallest absolute Gasteiger partial charge is 0.155 e. The molecule has 0 aromatic carbocycles. The molecular formula is C10H16O. The van der Waals surface area contributed by atoms with E-state index in [1.807, 2.05) is 6.08 Å². The molecule has 1 aliphatic carbocycles. The molecule has 0 aromatic heterocycles. The molecule has 0 unspecified atom stereocenters. The molecule has 0 saturated heterocycles. The average Bonchev–Trinajstić information content (AvgIpc) is 2.03. The lowest BCUT2D eigenvalue weighted by molar-refractivity contribution is -0.114. The fraction of sp³-hybridized carbons (Fsp3) is 0.700. The van der Waals surface area contributed by atoms with E-state index in [0.29, 0.717) is 5.78 Å². The molecule has 0 radical (unpaired) electrons. The van der Waals surface area contributed by atoms with E-state index in [0.717, 1.165) is 19.3 Å². The highest BCUT2D eigenvalue weighted by atomic mass is 16.1. The largest absolute Gasteiger partial charge is 0.295 e. The fourth-order valence-electron chi connectivity index (χ4n) is 1.39. The molecule has 1 nitrogen and oxygen atoms in total. The third-order valence-corrected chi connectivity index (χ3v) is 2.10. The third kappa shape index (κ3) is 3.97. The topological polar surface area (TPSA) is 17.1 Å². The Bertz CT molecular complexity index is 147. The number of carbonyl (C=O) groups is 1. The van der Waals surface area contributed by atoms with Gasteiger partial charge in [0.25, 0.3) is 0 Å². The molecule has 11 heavy (non-hydrogen) atoms. The van der Waals surface area contributed by atoms with Gasteiger partial charge in [0.2, 0.25) is 0 Å². The van der Waals surface area contributed by atoms with Crippen molar-refractivity contribution in [3.63, 3.8) is 0 Å². The zero-order valence-corrected chi connectivity index (χ0v) is 7.01. The summed E-state index contributed by atoms with van der Waals surface area (Å²) in [4.78, 5) is 11.0. The minimum absolute atomic E-state index is 0.312. The number of hydrogen-bond donors (Lipinski definition) is 0. The number of allylic oxidation sites excluding steroid dienone is 2. The normalized spacial score (nSPS) is 24.5. The molecule has 1 heteroatoms. The lowest BCUT2D eigenvalue weighted by Crippen LogP contribution is -1.93. The Hall–Kier alpha value is -0.590. The first-order valence-corrected chi connectivity index (χ1v) is 4.59. The summed E-state index contributed by atoms with van der Waals surface area (Å²) < 4.78 is 0. The van der Waals surface area contributed by atoms with E-state index in [9.17, 15) is 4.79 Å². The molecule has 0 saturated carbocycles. The SMILES string of the molecule is O=C1/C=C/CCCCCCC1. The van der Waals surface area contributed by atoms with Crippen molar-refractivity contribution in [3.8, 4) is 0 Å². The number of carbonyl (C=O) groups excluding carboxylic acids is 1. The number of hydrogen-bond acceptors (Lipinski definition) is 1. The van der Waals surface area contributed by atoms with E-state index in [1.54, 1.807) is 6.08 Å². The summed E-state index contributed by atoms with van der Waals surface area (Å²) in [5.41, 5.74) is 0. The van der Waals surface area contributed by atoms with Gasteiger partial charge in [0.15, 0.2) is 5.78 Å². The van der Waals surface area contributed by atoms with Crippen LogP contribution in [0.3, 0.4) is 0 Å². The van der Waals surface area contributed by atoms with Crippen molar-refractivity contribution in [2.24, 2.45) is 0 Å². The summed E-state index contributed by atoms with van der Waals surface area (Å²) in [5, 5.41) is 0. The van der Waals surface area contributed by atoms with Gasteiger partial charge in [0, 0.05) is 6.42 Å². The lowest BCUT2D eigenvalue weighted by atomic mass is 10.0. The van der Waals surface area contributed by atoms with E-state index in [1.165, 1.54) is 25.7 Å². The Kier molecular flexibility index (Phi) is 3.95. The van der Waals surface area contributed by atoms with E-state index < -0.39 is 0 Å². The molecule has 0 spiro atoms. The Balaban J connectivity index is 2.32. The van der Waals surface area contributed by atoms with Crippen molar-refractivity contribution in [3.05, 3.63) is 12.2 Å². The molecule has 0 amide bonds. The van der Waals surface area contributed by atoms with Crippen LogP contribution in [0, 0.1) is 0 Å². The van der Waals surface area contributed by atoms with Crippen molar-refractivity contribution in [1.82, 2.24) is 0 Å². The molecule has 0 fully saturated rings. The van der Waals surface area contributed by atoms with Crippen LogP contribution in [0.2, 0.25) is 0 Å². The molecule has 0 aliphatic heterocycles. The van der Waals surface area contributed by atoms with Crippen molar-refractivity contribution < 1.29 is 4.79 Å². The van der Waals surface area contributed by atoms with Gasteiger partial charge in [0.1, 0.15) is 0 Å². The third-order valence-electron chi connectivity index (χ3n) is 2.10. The van der Waals surface area contributed by atoms with Gasteiger partial charge in [-0.3, -0.25) is 4.79 Å². The molecule has 0 N–H and O–H groups in total. The van der Waals surface area contributed by atoms with E-state index in [4.69, 9.17) is 0 Å². The molecule has 0 heterocycles. The minimum atomic E-state index is 0.312. The van der Waals surface area contributed by atoms with Gasteiger partial charge in [-0.2, -0.15) is 0 Å². The number of ketones is 1. The zero-order chi connectivity index (χ0) is 7.94. The second-order valence-electron chi connectivity index (χ2n) is 3.18. The summed E-state index contributed by atoms with van der Waals surface area (Å²) in [6.45, 7) is 0. The van der Waals surface area contributed by atoms with Gasteiger partial charge < -0.3 is 0 Å². The van der Waals surface area contributed by atoms with Gasteiger partial charge in [-0.25, -0.2) is 0 Å². The fourth-order valence-corrected chi connectivity index (χ4v) is 1.39. The highest BCUT2D eigenvalue weighted by molar-refractivity contribution is 5.89. The predicted octanol–water partition coefficient (Wildman–Crippen LogP) is 2.86. The Morgan fingerprint density at radius 3 is 2.64 bits per heavy atom. The van der Waals surface area contributed by atoms with E-state index in [-0.39, 0.29) is 0 Å². The maximum Gasteiger partial charge on any atom is 0.155 e. The van der Waals surface area contributed by atoms with Crippen LogP contribution in [-0.2, 0) is 4.79 Å². The van der Waals surface area contributed by atoms with Gasteiger partial charge in [-0.1, -0.05) is 25.3 Å². The lowest BCUT2D eigenvalue weighted by Gasteiger charge is -2.01. The number of rotatable bonds is 0. The van der Waals surface area contributed by atoms with E-state index in [2.05, 4.69) is 0 Å². The molecule has 1 rings (SSSR count). The molecule has 0 bridgehead atoms. The minimum Gasteiger partial charge on any atom is -0.295 e. The van der Waals surface area contributed by atoms with Crippen molar-refractivity contribution in [2.45, 2.75) is 44.9 Å². The highest BCUT2D eigenvalue weighted by Gasteiger charge is 1.98. The summed E-state index contributed by atoms with van der Waals surface area (Å²) in [6.07, 6.45) is 11.8. The molecule has 0 aromatic rings. The van der Waals surface area contributed by atoms with Crippen LogP contribution in [0.25, 0.3) is 0 Å². The first-order chi connectivity index (χ1) is 5.39. The second kappa shape index (κ2) is 5.11. The van der Waals surface area contributed by atoms with Gasteiger partial charge in [-0.05, 0) is 25.3 Å². The van der Waals surface area contributed by atoms with Gasteiger partial charge in [-0.15, -0.1) is 0 Å². The van der Waals surface area contributed by atoms with Crippen LogP contribution in [-0.4, -0.2) is 5.78 Å². The van der Waals surface area contributed by atoms with Gasteiger partial charge >= 0.3 is 0 Å². The van der Waals surface area contributed by atoms with Crippen LogP contribution >= 0.6 is 0 Å². The summed E-state index contributed by atoms with van der Waals surface area (Å²) in [5.74, 6) is 0.312. The molecular weight excluding hydrogens is 136 g/mol. The van der Waals surface area contributed by atoms with Crippen LogP contribution in [0.4, 0.5) is 0 Å². The first-order valence-electron chi connectivity index (χ1n) is 4.59. The maximum absolute atomic E-state index is 11.0. The predicted molar refractivity (Wildman–Crippen MR) is 46.5 cm³/mol. The van der Waals surface area contributed by atoms with Gasteiger partial charge in [0.05, 0.1) is 0 Å². The maximum atomic E-state index is 11.0. The monoisotopic (exact) mass is 152 g/mol. The standard InChI is InChI=1S/C10H16O/c11-10-8-6-4-2-1-3-5-7-9-10/h6,8H,1-5,7,9H2/b8-6+. The molecule has 0 atom stereocenters. The van der Waals surface area contributed by atoms with Crippen LogP contribution < -0.4 is 0 Å². The van der Waals surface area contributed by atoms with Crippen LogP contribution in [0.15, 0.2) is 12.2 Å². The summed E-state index contributed by atoms with van der Waals surface area (Å²) in [6, 6.07) is 0. The van der Waals surface area contributed by atoms with Crippen molar-refractivity contribution >= 4 is 5.78 Å². The molecule has 1 aliphatic rings. The summed E-state index contributed by atoms with van der Waals surface area (Å²) in [7, 11) is 0. The first kappa shape index (κ1) is 8.51.